The van der Waals surface area contributed by atoms with Gasteiger partial charge in [0, 0.05) is 11.3 Å². The number of hydrogen-bond donors (Lipinski definition) is 2. The Morgan fingerprint density at radius 1 is 1.33 bits per heavy atom. The lowest BCUT2D eigenvalue weighted by atomic mass is 10.0. The molecule has 4 heteroatoms. The molecule has 3 N–H and O–H groups in total. The summed E-state index contributed by atoms with van der Waals surface area (Å²) >= 11 is 0. The van der Waals surface area contributed by atoms with Gasteiger partial charge in [0.15, 0.2) is 5.69 Å². The molecule has 0 fully saturated rings. The van der Waals surface area contributed by atoms with Gasteiger partial charge in [0.1, 0.15) is 0 Å². The Morgan fingerprint density at radius 2 is 1.94 bits per heavy atom. The minimum atomic E-state index is -1.00. The van der Waals surface area contributed by atoms with E-state index in [1.807, 2.05) is 44.2 Å². The average molecular weight is 244 g/mol. The molecule has 0 saturated carbocycles. The van der Waals surface area contributed by atoms with Crippen molar-refractivity contribution in [2.75, 3.05) is 5.84 Å². The Bertz CT molecular complexity index is 586. The number of carboxylic acids is 1. The van der Waals surface area contributed by atoms with Crippen LogP contribution in [0.1, 0.15) is 28.7 Å². The quantitative estimate of drug-likeness (QED) is 0.815. The monoisotopic (exact) mass is 244 g/mol. The lowest BCUT2D eigenvalue weighted by molar-refractivity contribution is 0.0688. The van der Waals surface area contributed by atoms with Crippen LogP contribution in [0.25, 0.3) is 11.1 Å². The normalized spacial score (nSPS) is 10.6. The van der Waals surface area contributed by atoms with Gasteiger partial charge in [-0.3, -0.25) is 4.68 Å². The summed E-state index contributed by atoms with van der Waals surface area (Å²) in [6.07, 6.45) is 0.704. The first-order valence-electron chi connectivity index (χ1n) is 5.85. The van der Waals surface area contributed by atoms with Gasteiger partial charge in [0.05, 0.1) is 0 Å². The van der Waals surface area contributed by atoms with E-state index in [2.05, 4.69) is 0 Å². The van der Waals surface area contributed by atoms with Gasteiger partial charge < -0.3 is 10.9 Å². The largest absolute Gasteiger partial charge is 0.476 e. The van der Waals surface area contributed by atoms with Crippen LogP contribution in [0.2, 0.25) is 0 Å². The van der Waals surface area contributed by atoms with Crippen LogP contribution in [0, 0.1) is 6.92 Å². The van der Waals surface area contributed by atoms with Crippen LogP contribution in [0.3, 0.4) is 0 Å². The lowest BCUT2D eigenvalue weighted by Crippen LogP contribution is -2.19. The van der Waals surface area contributed by atoms with Gasteiger partial charge in [-0.05, 0) is 24.5 Å². The first-order valence-corrected chi connectivity index (χ1v) is 5.85. The van der Waals surface area contributed by atoms with Gasteiger partial charge in [-0.1, -0.05) is 37.3 Å². The molecule has 0 radical (unpaired) electrons. The second-order valence-electron chi connectivity index (χ2n) is 4.19. The maximum Gasteiger partial charge on any atom is 0.355 e. The Hall–Kier alpha value is -2.23. The summed E-state index contributed by atoms with van der Waals surface area (Å²) in [6.45, 7) is 3.88. The molecule has 0 unspecified atom stereocenters. The highest BCUT2D eigenvalue weighted by molar-refractivity contribution is 5.96. The number of nitrogens with two attached hydrogens (primary N) is 1. The van der Waals surface area contributed by atoms with Gasteiger partial charge in [-0.2, -0.15) is 0 Å². The summed E-state index contributed by atoms with van der Waals surface area (Å²) in [5.41, 5.74) is 3.53. The van der Waals surface area contributed by atoms with Crippen molar-refractivity contribution in [3.8, 4) is 11.1 Å². The Morgan fingerprint density at radius 3 is 2.44 bits per heavy atom. The van der Waals surface area contributed by atoms with E-state index >= 15 is 0 Å². The van der Waals surface area contributed by atoms with Gasteiger partial charge in [-0.25, -0.2) is 4.79 Å². The number of hydrogen-bond acceptors (Lipinski definition) is 2. The first-order chi connectivity index (χ1) is 8.57. The van der Waals surface area contributed by atoms with Gasteiger partial charge in [0.2, 0.25) is 0 Å². The molecule has 0 bridgehead atoms. The fourth-order valence-corrected chi connectivity index (χ4v) is 2.36. The molecule has 0 spiro atoms. The first kappa shape index (κ1) is 12.2. The third-order valence-electron chi connectivity index (χ3n) is 3.18. The zero-order valence-corrected chi connectivity index (χ0v) is 10.5. The summed E-state index contributed by atoms with van der Waals surface area (Å²) in [5, 5.41) is 9.34. The molecule has 1 aromatic carbocycles. The Labute approximate surface area is 106 Å². The predicted molar refractivity (Wildman–Crippen MR) is 71.1 cm³/mol. The highest BCUT2D eigenvalue weighted by Gasteiger charge is 2.23. The number of rotatable bonds is 3. The highest BCUT2D eigenvalue weighted by atomic mass is 16.4. The highest BCUT2D eigenvalue weighted by Crippen LogP contribution is 2.31. The minimum absolute atomic E-state index is 0.149. The number of nitrogen functional groups attached to an aromatic ring is 1. The molecule has 2 rings (SSSR count). The molecule has 0 aliphatic rings. The minimum Gasteiger partial charge on any atom is -0.476 e. The summed E-state index contributed by atoms with van der Waals surface area (Å²) in [6, 6.07) is 9.47. The molecular weight excluding hydrogens is 228 g/mol. The summed E-state index contributed by atoms with van der Waals surface area (Å²) in [5.74, 6) is 4.89. The molecule has 1 heterocycles. The number of nitrogens with zero attached hydrogens (tertiary/aromatic N) is 1. The van der Waals surface area contributed by atoms with Crippen molar-refractivity contribution in [2.24, 2.45) is 0 Å². The third kappa shape index (κ3) is 1.76. The summed E-state index contributed by atoms with van der Waals surface area (Å²) < 4.78 is 1.29. The zero-order valence-electron chi connectivity index (χ0n) is 10.5. The van der Waals surface area contributed by atoms with E-state index in [9.17, 15) is 9.90 Å². The molecular formula is C14H16N2O2. The number of carbonyl (C=O) groups is 1. The number of benzene rings is 1. The fraction of sp³-hybridized carbons (Fsp3) is 0.214. The van der Waals surface area contributed by atoms with Crippen LogP contribution in [-0.2, 0) is 6.42 Å². The maximum atomic E-state index is 11.4. The van der Waals surface area contributed by atoms with Crippen LogP contribution >= 0.6 is 0 Å². The Balaban J connectivity index is 2.77. The SMILES string of the molecule is CCc1c(C)c(-c2ccccc2)c(C(=O)O)n1N. The molecule has 94 valence electrons. The van der Waals surface area contributed by atoms with Crippen molar-refractivity contribution in [3.63, 3.8) is 0 Å². The van der Waals surface area contributed by atoms with Crippen LogP contribution in [0.15, 0.2) is 30.3 Å². The molecule has 0 aliphatic carbocycles. The van der Waals surface area contributed by atoms with Crippen molar-refractivity contribution < 1.29 is 9.90 Å². The molecule has 1 aromatic heterocycles. The fourth-order valence-electron chi connectivity index (χ4n) is 2.36. The van der Waals surface area contributed by atoms with Crippen LogP contribution < -0.4 is 5.84 Å². The van der Waals surface area contributed by atoms with Crippen molar-refractivity contribution in [1.29, 1.82) is 0 Å². The molecule has 4 nitrogen and oxygen atoms in total. The summed E-state index contributed by atoms with van der Waals surface area (Å²) in [4.78, 5) is 11.4. The second kappa shape index (κ2) is 4.56. The molecule has 0 atom stereocenters. The van der Waals surface area contributed by atoms with Crippen molar-refractivity contribution in [3.05, 3.63) is 47.3 Å². The molecule has 18 heavy (non-hydrogen) atoms. The lowest BCUT2D eigenvalue weighted by Gasteiger charge is -2.04. The third-order valence-corrected chi connectivity index (χ3v) is 3.18. The van der Waals surface area contributed by atoms with Gasteiger partial charge in [0.25, 0.3) is 0 Å². The standard InChI is InChI=1S/C14H16N2O2/c1-3-11-9(2)12(10-7-5-4-6-8-10)13(14(17)18)16(11)15/h4-8H,3,15H2,1-2H3,(H,17,18). The maximum absolute atomic E-state index is 11.4. The topological polar surface area (TPSA) is 68.2 Å². The van der Waals surface area contributed by atoms with E-state index in [-0.39, 0.29) is 5.69 Å². The van der Waals surface area contributed by atoms with Crippen LogP contribution in [0.5, 0.6) is 0 Å². The van der Waals surface area contributed by atoms with E-state index in [4.69, 9.17) is 5.84 Å². The van der Waals surface area contributed by atoms with E-state index in [0.29, 0.717) is 12.0 Å². The van der Waals surface area contributed by atoms with Gasteiger partial charge in [-0.15, -0.1) is 0 Å². The van der Waals surface area contributed by atoms with E-state index in [1.54, 1.807) is 0 Å². The smallest absolute Gasteiger partial charge is 0.355 e. The number of aromatic carboxylic acids is 1. The van der Waals surface area contributed by atoms with Crippen molar-refractivity contribution in [2.45, 2.75) is 20.3 Å². The van der Waals surface area contributed by atoms with Gasteiger partial charge >= 0.3 is 5.97 Å². The van der Waals surface area contributed by atoms with E-state index in [0.717, 1.165) is 16.8 Å². The van der Waals surface area contributed by atoms with E-state index < -0.39 is 5.97 Å². The summed E-state index contributed by atoms with van der Waals surface area (Å²) in [7, 11) is 0. The number of carboxylic acid groups (broad SMARTS) is 1. The predicted octanol–water partition coefficient (Wildman–Crippen LogP) is 2.44. The van der Waals surface area contributed by atoms with Crippen molar-refractivity contribution in [1.82, 2.24) is 4.68 Å². The van der Waals surface area contributed by atoms with E-state index in [1.165, 1.54) is 4.68 Å². The molecule has 0 amide bonds. The van der Waals surface area contributed by atoms with Crippen LogP contribution in [-0.4, -0.2) is 15.8 Å². The molecule has 2 aromatic rings. The Kier molecular flexibility index (Phi) is 3.10. The average Bonchev–Trinajstić information content (AvgIpc) is 2.61. The van der Waals surface area contributed by atoms with Crippen molar-refractivity contribution >= 4 is 5.97 Å². The zero-order chi connectivity index (χ0) is 13.3. The van der Waals surface area contributed by atoms with Crippen LogP contribution in [0.4, 0.5) is 0 Å². The number of aromatic nitrogens is 1. The molecule has 0 aliphatic heterocycles. The second-order valence-corrected chi connectivity index (χ2v) is 4.19. The molecule has 0 saturated heterocycles.